The minimum atomic E-state index is -0.564. The number of nitrogens with one attached hydrogen (secondary N) is 1. The highest BCUT2D eigenvalue weighted by atomic mass is 35.5. The Labute approximate surface area is 118 Å². The van der Waals surface area contributed by atoms with Gasteiger partial charge in [0.25, 0.3) is 5.91 Å². The molecule has 0 aliphatic carbocycles. The molecule has 0 saturated heterocycles. The molecule has 0 radical (unpaired) electrons. The molecule has 19 heavy (non-hydrogen) atoms. The van der Waals surface area contributed by atoms with E-state index in [1.54, 1.807) is 0 Å². The first kappa shape index (κ1) is 13.6. The van der Waals surface area contributed by atoms with Gasteiger partial charge >= 0.3 is 0 Å². The summed E-state index contributed by atoms with van der Waals surface area (Å²) < 4.78 is 13.0. The van der Waals surface area contributed by atoms with Crippen LogP contribution in [0.25, 0.3) is 0 Å². The van der Waals surface area contributed by atoms with E-state index in [-0.39, 0.29) is 21.4 Å². The molecule has 0 aliphatic rings. The molecule has 1 heterocycles. The van der Waals surface area contributed by atoms with Crippen molar-refractivity contribution in [1.82, 2.24) is 4.98 Å². The van der Waals surface area contributed by atoms with Crippen LogP contribution in [0.3, 0.4) is 0 Å². The number of carbonyl (C=O) groups excluding carboxylic acids is 1. The average molecular weight is 300 g/mol. The van der Waals surface area contributed by atoms with Gasteiger partial charge in [-0.05, 0) is 24.3 Å². The van der Waals surface area contributed by atoms with Crippen LogP contribution in [0.15, 0.2) is 30.5 Å². The van der Waals surface area contributed by atoms with E-state index < -0.39 is 11.7 Å². The maximum absolute atomic E-state index is 13.0. The number of halogens is 3. The Morgan fingerprint density at radius 1 is 1.32 bits per heavy atom. The van der Waals surface area contributed by atoms with E-state index in [0.717, 1.165) is 6.07 Å². The van der Waals surface area contributed by atoms with E-state index in [4.69, 9.17) is 28.9 Å². The highest BCUT2D eigenvalue weighted by Gasteiger charge is 2.12. The molecule has 0 saturated carbocycles. The third-order valence-electron chi connectivity index (χ3n) is 2.32. The molecule has 1 amide bonds. The fraction of sp³-hybridized carbons (Fsp3) is 0. The summed E-state index contributed by atoms with van der Waals surface area (Å²) >= 11 is 11.3. The Morgan fingerprint density at radius 2 is 2.05 bits per heavy atom. The highest BCUT2D eigenvalue weighted by Crippen LogP contribution is 2.21. The van der Waals surface area contributed by atoms with Gasteiger partial charge in [-0.3, -0.25) is 4.79 Å². The van der Waals surface area contributed by atoms with Crippen LogP contribution in [0, 0.1) is 5.82 Å². The first-order valence-corrected chi connectivity index (χ1v) is 5.90. The Morgan fingerprint density at radius 3 is 2.74 bits per heavy atom. The molecule has 0 unspecified atom stereocenters. The molecule has 0 fully saturated rings. The summed E-state index contributed by atoms with van der Waals surface area (Å²) in [4.78, 5) is 15.7. The predicted octanol–water partition coefficient (Wildman–Crippen LogP) is 3.36. The van der Waals surface area contributed by atoms with Gasteiger partial charge in [0.15, 0.2) is 0 Å². The van der Waals surface area contributed by atoms with E-state index in [1.807, 2.05) is 0 Å². The maximum Gasteiger partial charge on any atom is 0.257 e. The molecular weight excluding hydrogens is 292 g/mol. The SMILES string of the molecule is Nc1cnc(Cl)cc1C(=O)Nc1ccc(F)c(Cl)c1. The zero-order valence-electron chi connectivity index (χ0n) is 9.45. The van der Waals surface area contributed by atoms with Gasteiger partial charge in [0.2, 0.25) is 0 Å². The van der Waals surface area contributed by atoms with Crippen LogP contribution >= 0.6 is 23.2 Å². The van der Waals surface area contributed by atoms with Crippen molar-refractivity contribution in [1.29, 1.82) is 0 Å². The number of nitrogens with two attached hydrogens (primary N) is 1. The number of anilines is 2. The topological polar surface area (TPSA) is 68.0 Å². The normalized spacial score (nSPS) is 10.3. The molecule has 1 aromatic heterocycles. The van der Waals surface area contributed by atoms with Gasteiger partial charge in [0.1, 0.15) is 11.0 Å². The molecule has 7 heteroatoms. The third-order valence-corrected chi connectivity index (χ3v) is 2.82. The number of hydrogen-bond donors (Lipinski definition) is 2. The first-order valence-electron chi connectivity index (χ1n) is 5.15. The standard InChI is InChI=1S/C12H8Cl2FN3O/c13-8-3-6(1-2-9(8)15)18-12(19)7-4-11(14)17-5-10(7)16/h1-5H,16H2,(H,18,19). The molecule has 0 aliphatic heterocycles. The quantitative estimate of drug-likeness (QED) is 0.836. The van der Waals surface area contributed by atoms with Gasteiger partial charge in [-0.15, -0.1) is 0 Å². The molecule has 98 valence electrons. The molecule has 2 rings (SSSR count). The van der Waals surface area contributed by atoms with Gasteiger partial charge in [0.05, 0.1) is 22.5 Å². The maximum atomic E-state index is 13.0. The summed E-state index contributed by atoms with van der Waals surface area (Å²) in [5.41, 5.74) is 6.35. The van der Waals surface area contributed by atoms with Crippen LogP contribution in [0.1, 0.15) is 10.4 Å². The number of nitrogens with zero attached hydrogens (tertiary/aromatic N) is 1. The van der Waals surface area contributed by atoms with Gasteiger partial charge in [-0.2, -0.15) is 0 Å². The van der Waals surface area contributed by atoms with Crippen LogP contribution in [0.4, 0.5) is 15.8 Å². The van der Waals surface area contributed by atoms with Gasteiger partial charge < -0.3 is 11.1 Å². The average Bonchev–Trinajstić information content (AvgIpc) is 2.36. The van der Waals surface area contributed by atoms with Crippen molar-refractivity contribution >= 4 is 40.5 Å². The minimum absolute atomic E-state index is 0.0847. The third kappa shape index (κ3) is 3.13. The van der Waals surface area contributed by atoms with Gasteiger partial charge in [0, 0.05) is 5.69 Å². The lowest BCUT2D eigenvalue weighted by atomic mass is 10.2. The van der Waals surface area contributed by atoms with Crippen molar-refractivity contribution < 1.29 is 9.18 Å². The van der Waals surface area contributed by atoms with E-state index in [9.17, 15) is 9.18 Å². The number of pyridine rings is 1. The molecule has 0 spiro atoms. The van der Waals surface area contributed by atoms with Crippen LogP contribution in [-0.2, 0) is 0 Å². The molecule has 0 bridgehead atoms. The zero-order valence-corrected chi connectivity index (χ0v) is 11.0. The van der Waals surface area contributed by atoms with Crippen LogP contribution in [-0.4, -0.2) is 10.9 Å². The van der Waals surface area contributed by atoms with Gasteiger partial charge in [-0.25, -0.2) is 9.37 Å². The lowest BCUT2D eigenvalue weighted by Crippen LogP contribution is -2.14. The lowest BCUT2D eigenvalue weighted by molar-refractivity contribution is 0.102. The lowest BCUT2D eigenvalue weighted by Gasteiger charge is -2.08. The number of benzene rings is 1. The first-order chi connectivity index (χ1) is 8.97. The van der Waals surface area contributed by atoms with Gasteiger partial charge in [-0.1, -0.05) is 23.2 Å². The summed E-state index contributed by atoms with van der Waals surface area (Å²) in [6.45, 7) is 0. The van der Waals surface area contributed by atoms with Crippen molar-refractivity contribution in [2.24, 2.45) is 0 Å². The zero-order chi connectivity index (χ0) is 14.0. The van der Waals surface area contributed by atoms with Crippen LogP contribution in [0.5, 0.6) is 0 Å². The van der Waals surface area contributed by atoms with Crippen molar-refractivity contribution in [2.45, 2.75) is 0 Å². The van der Waals surface area contributed by atoms with E-state index in [2.05, 4.69) is 10.3 Å². The Hall–Kier alpha value is -1.85. The molecule has 3 N–H and O–H groups in total. The minimum Gasteiger partial charge on any atom is -0.397 e. The van der Waals surface area contributed by atoms with Crippen molar-refractivity contribution in [3.05, 3.63) is 52.0 Å². The fourth-order valence-electron chi connectivity index (χ4n) is 1.41. The largest absolute Gasteiger partial charge is 0.397 e. The van der Waals surface area contributed by atoms with E-state index in [1.165, 1.54) is 24.4 Å². The van der Waals surface area contributed by atoms with Crippen LogP contribution < -0.4 is 11.1 Å². The number of amides is 1. The summed E-state index contributed by atoms with van der Waals surface area (Å²) in [6, 6.07) is 5.18. The fourth-order valence-corrected chi connectivity index (χ4v) is 1.75. The summed E-state index contributed by atoms with van der Waals surface area (Å²) in [5, 5.41) is 2.60. The predicted molar refractivity (Wildman–Crippen MR) is 73.0 cm³/mol. The summed E-state index contributed by atoms with van der Waals surface area (Å²) in [6.07, 6.45) is 1.29. The second kappa shape index (κ2) is 5.42. The van der Waals surface area contributed by atoms with Crippen LogP contribution in [0.2, 0.25) is 10.2 Å². The van der Waals surface area contributed by atoms with Crippen molar-refractivity contribution in [2.75, 3.05) is 11.1 Å². The Bertz CT molecular complexity index is 649. The molecule has 1 aromatic carbocycles. The summed E-state index contributed by atoms with van der Waals surface area (Å²) in [5.74, 6) is -1.05. The summed E-state index contributed by atoms with van der Waals surface area (Å²) in [7, 11) is 0. The van der Waals surface area contributed by atoms with E-state index in [0.29, 0.717) is 5.69 Å². The molecule has 0 atom stereocenters. The second-order valence-corrected chi connectivity index (χ2v) is 4.47. The number of aromatic nitrogens is 1. The Kier molecular flexibility index (Phi) is 3.87. The monoisotopic (exact) mass is 299 g/mol. The molecule has 4 nitrogen and oxygen atoms in total. The van der Waals surface area contributed by atoms with E-state index >= 15 is 0 Å². The second-order valence-electron chi connectivity index (χ2n) is 3.68. The number of hydrogen-bond acceptors (Lipinski definition) is 3. The number of nitrogen functional groups attached to an aromatic ring is 1. The number of rotatable bonds is 2. The number of carbonyl (C=O) groups is 1. The smallest absolute Gasteiger partial charge is 0.257 e. The van der Waals surface area contributed by atoms with Crippen molar-refractivity contribution in [3.63, 3.8) is 0 Å². The Balaban J connectivity index is 2.25. The molecule has 2 aromatic rings. The van der Waals surface area contributed by atoms with Crippen molar-refractivity contribution in [3.8, 4) is 0 Å². The highest BCUT2D eigenvalue weighted by molar-refractivity contribution is 6.31. The molecular formula is C12H8Cl2FN3O.